The number of hydrogen-bond donors (Lipinski definition) is 0. The third-order valence-electron chi connectivity index (χ3n) is 1.95. The molecule has 15 heavy (non-hydrogen) atoms. The highest BCUT2D eigenvalue weighted by molar-refractivity contribution is 7.15. The van der Waals surface area contributed by atoms with Crippen LogP contribution in [0.4, 0.5) is 0 Å². The Morgan fingerprint density at radius 1 is 1.33 bits per heavy atom. The largest absolute Gasteiger partial charge is 0.497 e. The number of thiazole rings is 1. The SMILES string of the molecule is COc1ccc(-c2ncc(C#N)s2)cc1. The molecule has 0 atom stereocenters. The normalized spacial score (nSPS) is 9.60. The Morgan fingerprint density at radius 3 is 2.60 bits per heavy atom. The zero-order chi connectivity index (χ0) is 10.7. The number of benzene rings is 1. The summed E-state index contributed by atoms with van der Waals surface area (Å²) >= 11 is 1.39. The maximum atomic E-state index is 8.68. The van der Waals surface area contributed by atoms with Crippen molar-refractivity contribution in [3.63, 3.8) is 0 Å². The molecule has 0 saturated carbocycles. The minimum Gasteiger partial charge on any atom is -0.497 e. The highest BCUT2D eigenvalue weighted by Crippen LogP contribution is 2.26. The van der Waals surface area contributed by atoms with Gasteiger partial charge in [-0.3, -0.25) is 0 Å². The fraction of sp³-hybridized carbons (Fsp3) is 0.0909. The fourth-order valence-corrected chi connectivity index (χ4v) is 1.91. The predicted molar refractivity (Wildman–Crippen MR) is 58.8 cm³/mol. The topological polar surface area (TPSA) is 45.9 Å². The molecule has 0 aliphatic heterocycles. The molecule has 1 aromatic heterocycles. The smallest absolute Gasteiger partial charge is 0.125 e. The van der Waals surface area contributed by atoms with Gasteiger partial charge in [-0.1, -0.05) is 0 Å². The van der Waals surface area contributed by atoms with Crippen molar-refractivity contribution >= 4 is 11.3 Å². The molecule has 0 unspecified atom stereocenters. The summed E-state index contributed by atoms with van der Waals surface area (Å²) in [6, 6.07) is 9.69. The van der Waals surface area contributed by atoms with Gasteiger partial charge in [0.15, 0.2) is 0 Å². The fourth-order valence-electron chi connectivity index (χ4n) is 1.19. The molecule has 2 aromatic rings. The minimum absolute atomic E-state index is 0.626. The first kappa shape index (κ1) is 9.69. The van der Waals surface area contributed by atoms with Gasteiger partial charge in [0.1, 0.15) is 21.7 Å². The van der Waals surface area contributed by atoms with Crippen LogP contribution in [0.5, 0.6) is 5.75 Å². The summed E-state index contributed by atoms with van der Waals surface area (Å²) in [5, 5.41) is 9.54. The lowest BCUT2D eigenvalue weighted by molar-refractivity contribution is 0.415. The van der Waals surface area contributed by atoms with E-state index in [9.17, 15) is 0 Å². The van der Waals surface area contributed by atoms with Crippen LogP contribution in [0.15, 0.2) is 30.5 Å². The van der Waals surface area contributed by atoms with Crippen LogP contribution >= 0.6 is 11.3 Å². The second-order valence-corrected chi connectivity index (χ2v) is 3.90. The second kappa shape index (κ2) is 4.11. The van der Waals surface area contributed by atoms with Crippen LogP contribution < -0.4 is 4.74 Å². The van der Waals surface area contributed by atoms with Gasteiger partial charge >= 0.3 is 0 Å². The molecule has 74 valence electrons. The third-order valence-corrected chi connectivity index (χ3v) is 2.90. The number of methoxy groups -OCH3 is 1. The lowest BCUT2D eigenvalue weighted by Crippen LogP contribution is -1.81. The number of nitriles is 1. The van der Waals surface area contributed by atoms with E-state index < -0.39 is 0 Å². The summed E-state index contributed by atoms with van der Waals surface area (Å²) in [5.41, 5.74) is 1.00. The first-order valence-electron chi connectivity index (χ1n) is 4.34. The van der Waals surface area contributed by atoms with E-state index in [2.05, 4.69) is 11.1 Å². The van der Waals surface area contributed by atoms with Gasteiger partial charge in [0.25, 0.3) is 0 Å². The van der Waals surface area contributed by atoms with Crippen LogP contribution in [0.1, 0.15) is 4.88 Å². The van der Waals surface area contributed by atoms with Crippen LogP contribution in [0.2, 0.25) is 0 Å². The van der Waals surface area contributed by atoms with Gasteiger partial charge in [-0.2, -0.15) is 5.26 Å². The summed E-state index contributed by atoms with van der Waals surface area (Å²) in [5.74, 6) is 0.816. The molecule has 0 radical (unpaired) electrons. The van der Waals surface area contributed by atoms with Crippen molar-refractivity contribution in [2.24, 2.45) is 0 Å². The van der Waals surface area contributed by atoms with E-state index in [1.807, 2.05) is 24.3 Å². The predicted octanol–water partition coefficient (Wildman–Crippen LogP) is 2.69. The molecule has 1 heterocycles. The lowest BCUT2D eigenvalue weighted by atomic mass is 10.2. The summed E-state index contributed by atoms with van der Waals surface area (Å²) < 4.78 is 5.06. The number of hydrogen-bond acceptors (Lipinski definition) is 4. The van der Waals surface area contributed by atoms with Gasteiger partial charge in [-0.05, 0) is 24.3 Å². The average Bonchev–Trinajstić information content (AvgIpc) is 2.78. The van der Waals surface area contributed by atoms with Crippen LogP contribution in [0.25, 0.3) is 10.6 Å². The van der Waals surface area contributed by atoms with E-state index in [0.29, 0.717) is 4.88 Å². The van der Waals surface area contributed by atoms with E-state index in [1.165, 1.54) is 11.3 Å². The first-order valence-corrected chi connectivity index (χ1v) is 5.15. The van der Waals surface area contributed by atoms with Crippen LogP contribution in [0, 0.1) is 11.3 Å². The molecule has 0 N–H and O–H groups in total. The summed E-state index contributed by atoms with van der Waals surface area (Å²) in [6.07, 6.45) is 1.59. The van der Waals surface area contributed by atoms with Crippen molar-refractivity contribution in [1.29, 1.82) is 5.26 Å². The number of aromatic nitrogens is 1. The van der Waals surface area contributed by atoms with Gasteiger partial charge in [-0.15, -0.1) is 11.3 Å². The van der Waals surface area contributed by atoms with Crippen molar-refractivity contribution in [3.8, 4) is 22.4 Å². The Balaban J connectivity index is 2.33. The van der Waals surface area contributed by atoms with Gasteiger partial charge in [0.2, 0.25) is 0 Å². The van der Waals surface area contributed by atoms with E-state index in [0.717, 1.165) is 16.3 Å². The molecule has 0 amide bonds. The molecule has 0 spiro atoms. The molecule has 0 aliphatic carbocycles. The number of nitrogens with zero attached hydrogens (tertiary/aromatic N) is 2. The summed E-state index contributed by atoms with van der Waals surface area (Å²) in [4.78, 5) is 4.79. The molecular formula is C11H8N2OS. The van der Waals surface area contributed by atoms with Crippen molar-refractivity contribution in [2.75, 3.05) is 7.11 Å². The van der Waals surface area contributed by atoms with Gasteiger partial charge < -0.3 is 4.74 Å². The molecule has 0 bridgehead atoms. The first-order chi connectivity index (χ1) is 7.33. The maximum Gasteiger partial charge on any atom is 0.125 e. The number of ether oxygens (including phenoxy) is 1. The second-order valence-electron chi connectivity index (χ2n) is 2.87. The monoisotopic (exact) mass is 216 g/mol. The lowest BCUT2D eigenvalue weighted by Gasteiger charge is -1.99. The van der Waals surface area contributed by atoms with Crippen molar-refractivity contribution in [2.45, 2.75) is 0 Å². The van der Waals surface area contributed by atoms with Crippen molar-refractivity contribution < 1.29 is 4.74 Å². The van der Waals surface area contributed by atoms with E-state index in [1.54, 1.807) is 13.3 Å². The molecule has 3 nitrogen and oxygen atoms in total. The Bertz CT molecular complexity index is 496. The number of rotatable bonds is 2. The third kappa shape index (κ3) is 1.97. The van der Waals surface area contributed by atoms with Crippen molar-refractivity contribution in [1.82, 2.24) is 4.98 Å². The molecule has 1 aromatic carbocycles. The zero-order valence-corrected chi connectivity index (χ0v) is 8.91. The highest BCUT2D eigenvalue weighted by atomic mass is 32.1. The summed E-state index contributed by atoms with van der Waals surface area (Å²) in [7, 11) is 1.63. The van der Waals surface area contributed by atoms with E-state index in [-0.39, 0.29) is 0 Å². The van der Waals surface area contributed by atoms with Crippen LogP contribution in [-0.2, 0) is 0 Å². The molecular weight excluding hydrogens is 208 g/mol. The molecule has 0 aliphatic rings. The average molecular weight is 216 g/mol. The Morgan fingerprint density at radius 2 is 2.07 bits per heavy atom. The zero-order valence-electron chi connectivity index (χ0n) is 8.10. The quantitative estimate of drug-likeness (QED) is 0.775. The standard InChI is InChI=1S/C11H8N2OS/c1-14-9-4-2-8(3-5-9)11-13-7-10(6-12)15-11/h2-5,7H,1H3. The Kier molecular flexibility index (Phi) is 2.66. The van der Waals surface area contributed by atoms with E-state index in [4.69, 9.17) is 10.00 Å². The maximum absolute atomic E-state index is 8.68. The van der Waals surface area contributed by atoms with Crippen LogP contribution in [-0.4, -0.2) is 12.1 Å². The molecule has 0 saturated heterocycles. The molecule has 2 rings (SSSR count). The van der Waals surface area contributed by atoms with Crippen molar-refractivity contribution in [3.05, 3.63) is 35.3 Å². The highest BCUT2D eigenvalue weighted by Gasteiger charge is 2.03. The minimum atomic E-state index is 0.626. The Hall–Kier alpha value is -1.86. The summed E-state index contributed by atoms with van der Waals surface area (Å²) in [6.45, 7) is 0. The molecule has 0 fully saturated rings. The molecule has 4 heteroatoms. The van der Waals surface area contributed by atoms with Gasteiger partial charge in [-0.25, -0.2) is 4.98 Å². The van der Waals surface area contributed by atoms with E-state index >= 15 is 0 Å². The van der Waals surface area contributed by atoms with Gasteiger partial charge in [0.05, 0.1) is 13.3 Å². The van der Waals surface area contributed by atoms with Crippen LogP contribution in [0.3, 0.4) is 0 Å². The van der Waals surface area contributed by atoms with Gasteiger partial charge in [0, 0.05) is 5.56 Å². The Labute approximate surface area is 91.6 Å².